The minimum absolute atomic E-state index is 0.644. The number of anilines is 2. The maximum Gasteiger partial charge on any atom is 0.227 e. The molecule has 1 N–H and O–H groups in total. The summed E-state index contributed by atoms with van der Waals surface area (Å²) in [5.74, 6) is 3.18. The third kappa shape index (κ3) is 4.67. The van der Waals surface area contributed by atoms with Gasteiger partial charge >= 0.3 is 0 Å². The zero-order chi connectivity index (χ0) is 20.1. The van der Waals surface area contributed by atoms with Crippen LogP contribution in [0, 0.1) is 5.92 Å². The number of para-hydroxylation sites is 1. The number of nitrogens with one attached hydrogen (secondary N) is 1. The molecule has 3 aromatic rings. The van der Waals surface area contributed by atoms with Gasteiger partial charge in [-0.1, -0.05) is 55.5 Å². The van der Waals surface area contributed by atoms with E-state index in [0.29, 0.717) is 12.5 Å². The van der Waals surface area contributed by atoms with Gasteiger partial charge in [0, 0.05) is 36.8 Å². The Balaban J connectivity index is 1.64. The van der Waals surface area contributed by atoms with Crippen molar-refractivity contribution in [2.24, 2.45) is 5.92 Å². The molecule has 1 unspecified atom stereocenters. The van der Waals surface area contributed by atoms with Crippen molar-refractivity contribution in [3.8, 4) is 17.0 Å². The van der Waals surface area contributed by atoms with Gasteiger partial charge in [0.25, 0.3) is 0 Å². The molecule has 1 saturated heterocycles. The van der Waals surface area contributed by atoms with Crippen LogP contribution in [0.3, 0.4) is 0 Å². The summed E-state index contributed by atoms with van der Waals surface area (Å²) in [5.41, 5.74) is 3.14. The molecule has 1 atom stereocenters. The van der Waals surface area contributed by atoms with Crippen LogP contribution < -0.4 is 15.0 Å². The van der Waals surface area contributed by atoms with Crippen molar-refractivity contribution in [2.45, 2.75) is 26.3 Å². The second kappa shape index (κ2) is 8.95. The van der Waals surface area contributed by atoms with Crippen molar-refractivity contribution in [3.63, 3.8) is 0 Å². The van der Waals surface area contributed by atoms with Gasteiger partial charge in [0.1, 0.15) is 11.6 Å². The van der Waals surface area contributed by atoms with Crippen LogP contribution >= 0.6 is 0 Å². The van der Waals surface area contributed by atoms with E-state index in [1.807, 2.05) is 42.5 Å². The molecule has 150 valence electrons. The number of hydrogen-bond donors (Lipinski definition) is 1. The van der Waals surface area contributed by atoms with Gasteiger partial charge in [0.05, 0.1) is 12.8 Å². The highest BCUT2D eigenvalue weighted by Gasteiger charge is 2.20. The van der Waals surface area contributed by atoms with E-state index in [-0.39, 0.29) is 0 Å². The number of aromatic nitrogens is 2. The average Bonchev–Trinajstić information content (AvgIpc) is 2.78. The van der Waals surface area contributed by atoms with Crippen molar-refractivity contribution in [1.82, 2.24) is 9.97 Å². The van der Waals surface area contributed by atoms with E-state index in [1.54, 1.807) is 7.11 Å². The second-order valence-corrected chi connectivity index (χ2v) is 7.66. The molecule has 1 aromatic heterocycles. The lowest BCUT2D eigenvalue weighted by Crippen LogP contribution is -2.35. The van der Waals surface area contributed by atoms with Crippen LogP contribution in [0.2, 0.25) is 0 Å². The summed E-state index contributed by atoms with van der Waals surface area (Å²) in [6.45, 7) is 4.96. The standard InChI is InChI=1S/C24H28N4O/c1-18-9-8-14-28(17-18)24-26-21(19-10-4-3-5-11-19)15-23(27-24)25-16-20-12-6-7-13-22(20)29-2/h3-7,10-13,15,18H,8-9,14,16-17H2,1-2H3,(H,25,26,27). The molecule has 2 heterocycles. The van der Waals surface area contributed by atoms with Crippen LogP contribution in [0.5, 0.6) is 5.75 Å². The second-order valence-electron chi connectivity index (χ2n) is 7.66. The highest BCUT2D eigenvalue weighted by atomic mass is 16.5. The fourth-order valence-corrected chi connectivity index (χ4v) is 3.83. The number of ether oxygens (including phenoxy) is 1. The molecule has 0 spiro atoms. The molecule has 0 amide bonds. The predicted molar refractivity (Wildman–Crippen MR) is 118 cm³/mol. The number of methoxy groups -OCH3 is 1. The summed E-state index contributed by atoms with van der Waals surface area (Å²) in [5, 5.41) is 3.48. The van der Waals surface area contributed by atoms with Crippen molar-refractivity contribution in [2.75, 3.05) is 30.4 Å². The molecular formula is C24H28N4O. The van der Waals surface area contributed by atoms with Crippen LogP contribution in [0.25, 0.3) is 11.3 Å². The molecule has 0 saturated carbocycles. The molecule has 1 fully saturated rings. The molecule has 1 aliphatic rings. The fraction of sp³-hybridized carbons (Fsp3) is 0.333. The average molecular weight is 389 g/mol. The Kier molecular flexibility index (Phi) is 5.94. The number of hydrogen-bond acceptors (Lipinski definition) is 5. The van der Waals surface area contributed by atoms with E-state index in [2.05, 4.69) is 35.3 Å². The van der Waals surface area contributed by atoms with Gasteiger partial charge in [-0.3, -0.25) is 0 Å². The van der Waals surface area contributed by atoms with Gasteiger partial charge in [-0.05, 0) is 24.8 Å². The molecule has 29 heavy (non-hydrogen) atoms. The smallest absolute Gasteiger partial charge is 0.227 e. The lowest BCUT2D eigenvalue weighted by molar-refractivity contribution is 0.410. The van der Waals surface area contributed by atoms with Crippen molar-refractivity contribution >= 4 is 11.8 Å². The first kappa shape index (κ1) is 19.2. The Morgan fingerprint density at radius 2 is 1.86 bits per heavy atom. The molecule has 5 nitrogen and oxygen atoms in total. The van der Waals surface area contributed by atoms with E-state index in [4.69, 9.17) is 14.7 Å². The fourth-order valence-electron chi connectivity index (χ4n) is 3.83. The van der Waals surface area contributed by atoms with Gasteiger partial charge < -0.3 is 15.0 Å². The summed E-state index contributed by atoms with van der Waals surface area (Å²) in [4.78, 5) is 12.1. The predicted octanol–water partition coefficient (Wildman–Crippen LogP) is 5.00. The lowest BCUT2D eigenvalue weighted by Gasteiger charge is -2.31. The SMILES string of the molecule is COc1ccccc1CNc1cc(-c2ccccc2)nc(N2CCCC(C)C2)n1. The maximum absolute atomic E-state index is 5.48. The zero-order valence-corrected chi connectivity index (χ0v) is 17.1. The van der Waals surface area contributed by atoms with Gasteiger partial charge in [-0.25, -0.2) is 4.98 Å². The first-order chi connectivity index (χ1) is 14.2. The zero-order valence-electron chi connectivity index (χ0n) is 17.1. The summed E-state index contributed by atoms with van der Waals surface area (Å²) in [7, 11) is 1.70. The molecule has 0 radical (unpaired) electrons. The topological polar surface area (TPSA) is 50.3 Å². The van der Waals surface area contributed by atoms with E-state index >= 15 is 0 Å². The largest absolute Gasteiger partial charge is 0.496 e. The monoisotopic (exact) mass is 388 g/mol. The summed E-state index contributed by atoms with van der Waals surface area (Å²) in [6, 6.07) is 20.4. The molecule has 4 rings (SSSR count). The van der Waals surface area contributed by atoms with Gasteiger partial charge in [0.15, 0.2) is 0 Å². The van der Waals surface area contributed by atoms with E-state index in [0.717, 1.165) is 47.4 Å². The van der Waals surface area contributed by atoms with Crippen LogP contribution in [-0.2, 0) is 6.54 Å². The van der Waals surface area contributed by atoms with Crippen LogP contribution in [0.1, 0.15) is 25.3 Å². The van der Waals surface area contributed by atoms with Crippen molar-refractivity contribution in [3.05, 3.63) is 66.2 Å². The number of rotatable bonds is 6. The van der Waals surface area contributed by atoms with Crippen LogP contribution in [0.4, 0.5) is 11.8 Å². The minimum Gasteiger partial charge on any atom is -0.496 e. The van der Waals surface area contributed by atoms with E-state index in [1.165, 1.54) is 12.8 Å². The molecule has 0 bridgehead atoms. The van der Waals surface area contributed by atoms with Crippen LogP contribution in [0.15, 0.2) is 60.7 Å². The number of benzene rings is 2. The van der Waals surface area contributed by atoms with Gasteiger partial charge in [-0.15, -0.1) is 0 Å². The lowest BCUT2D eigenvalue weighted by atomic mass is 10.0. The molecule has 2 aromatic carbocycles. The van der Waals surface area contributed by atoms with Gasteiger partial charge in [0.2, 0.25) is 5.95 Å². The summed E-state index contributed by atoms with van der Waals surface area (Å²) >= 11 is 0. The van der Waals surface area contributed by atoms with Crippen LogP contribution in [-0.4, -0.2) is 30.2 Å². The Hall–Kier alpha value is -3.08. The third-order valence-corrected chi connectivity index (χ3v) is 5.38. The molecule has 5 heteroatoms. The van der Waals surface area contributed by atoms with Crippen molar-refractivity contribution < 1.29 is 4.74 Å². The van der Waals surface area contributed by atoms with E-state index < -0.39 is 0 Å². The molecule has 1 aliphatic heterocycles. The Bertz CT molecular complexity index is 945. The molecular weight excluding hydrogens is 360 g/mol. The highest BCUT2D eigenvalue weighted by Crippen LogP contribution is 2.27. The Labute approximate surface area is 172 Å². The maximum atomic E-state index is 5.48. The quantitative estimate of drug-likeness (QED) is 0.644. The first-order valence-electron chi connectivity index (χ1n) is 10.3. The summed E-state index contributed by atoms with van der Waals surface area (Å²) in [6.07, 6.45) is 2.46. The Morgan fingerprint density at radius 3 is 2.66 bits per heavy atom. The minimum atomic E-state index is 0.644. The number of piperidine rings is 1. The first-order valence-corrected chi connectivity index (χ1v) is 10.3. The van der Waals surface area contributed by atoms with E-state index in [9.17, 15) is 0 Å². The van der Waals surface area contributed by atoms with Crippen molar-refractivity contribution in [1.29, 1.82) is 0 Å². The molecule has 0 aliphatic carbocycles. The Morgan fingerprint density at radius 1 is 1.07 bits per heavy atom. The number of nitrogens with zero attached hydrogens (tertiary/aromatic N) is 3. The normalized spacial score (nSPS) is 16.5. The third-order valence-electron chi connectivity index (χ3n) is 5.38. The summed E-state index contributed by atoms with van der Waals surface area (Å²) < 4.78 is 5.48. The van der Waals surface area contributed by atoms with Gasteiger partial charge in [-0.2, -0.15) is 4.98 Å². The highest BCUT2D eigenvalue weighted by molar-refractivity contribution is 5.64.